The van der Waals surface area contributed by atoms with Crippen molar-refractivity contribution in [2.24, 2.45) is 0 Å². The SMILES string of the molecule is COC1=C[C@@]2([N+](=O)[O-])C[NH+](C)C[C@]([N+](=O)[O-])(C1)C2. The molecule has 8 nitrogen and oxygen atoms in total. The van der Waals surface area contributed by atoms with Crippen molar-refractivity contribution < 1.29 is 19.5 Å². The maximum absolute atomic E-state index is 11.3. The summed E-state index contributed by atoms with van der Waals surface area (Å²) in [5.74, 6) is 0.349. The van der Waals surface area contributed by atoms with Gasteiger partial charge in [-0.15, -0.1) is 0 Å². The maximum Gasteiger partial charge on any atom is 0.298 e. The van der Waals surface area contributed by atoms with Gasteiger partial charge in [-0.2, -0.15) is 0 Å². The Morgan fingerprint density at radius 1 is 1.33 bits per heavy atom. The van der Waals surface area contributed by atoms with Gasteiger partial charge in [-0.05, 0) is 0 Å². The summed E-state index contributed by atoms with van der Waals surface area (Å²) in [6.07, 6.45) is 1.53. The average Bonchev–Trinajstić information content (AvgIpc) is 2.26. The van der Waals surface area contributed by atoms with Gasteiger partial charge in [0.15, 0.2) is 6.54 Å². The lowest BCUT2D eigenvalue weighted by Gasteiger charge is -2.41. The summed E-state index contributed by atoms with van der Waals surface area (Å²) in [6.45, 7) is 0.540. The number of hydrogen-bond acceptors (Lipinski definition) is 5. The van der Waals surface area contributed by atoms with E-state index in [1.165, 1.54) is 13.2 Å². The molecule has 1 saturated heterocycles. The van der Waals surface area contributed by atoms with Crippen molar-refractivity contribution in [3.63, 3.8) is 0 Å². The van der Waals surface area contributed by atoms with E-state index in [2.05, 4.69) is 0 Å². The first-order chi connectivity index (χ1) is 8.33. The molecule has 3 atom stereocenters. The van der Waals surface area contributed by atoms with Crippen molar-refractivity contribution in [2.45, 2.75) is 23.9 Å². The molecule has 1 aliphatic carbocycles. The Labute approximate surface area is 104 Å². The minimum absolute atomic E-state index is 0.0514. The van der Waals surface area contributed by atoms with E-state index in [1.54, 1.807) is 7.05 Å². The number of nitrogens with zero attached hydrogens (tertiary/aromatic N) is 2. The van der Waals surface area contributed by atoms with Crippen molar-refractivity contribution in [3.8, 4) is 0 Å². The quantitative estimate of drug-likeness (QED) is 0.510. The molecule has 1 heterocycles. The van der Waals surface area contributed by atoms with E-state index in [4.69, 9.17) is 4.74 Å². The van der Waals surface area contributed by atoms with Crippen molar-refractivity contribution in [2.75, 3.05) is 27.2 Å². The summed E-state index contributed by atoms with van der Waals surface area (Å²) in [4.78, 5) is 22.7. The van der Waals surface area contributed by atoms with Crippen LogP contribution < -0.4 is 4.90 Å². The minimum Gasteiger partial charge on any atom is -0.501 e. The van der Waals surface area contributed by atoms with Crippen LogP contribution in [-0.4, -0.2) is 48.2 Å². The summed E-state index contributed by atoms with van der Waals surface area (Å²) in [6, 6.07) is 0. The maximum atomic E-state index is 11.3. The molecule has 18 heavy (non-hydrogen) atoms. The molecular weight excluding hydrogens is 242 g/mol. The molecule has 0 spiro atoms. The fourth-order valence-electron chi connectivity index (χ4n) is 3.25. The molecule has 1 unspecified atom stereocenters. The van der Waals surface area contributed by atoms with E-state index in [9.17, 15) is 20.2 Å². The van der Waals surface area contributed by atoms with Crippen LogP contribution in [0, 0.1) is 20.2 Å². The Morgan fingerprint density at radius 2 is 2.00 bits per heavy atom. The number of fused-ring (bicyclic) bond motifs is 2. The Morgan fingerprint density at radius 3 is 2.50 bits per heavy atom. The molecule has 2 rings (SSSR count). The molecule has 8 heteroatoms. The second-order valence-electron chi connectivity index (χ2n) is 5.32. The fraction of sp³-hybridized carbons (Fsp3) is 0.800. The van der Waals surface area contributed by atoms with Crippen LogP contribution in [-0.2, 0) is 4.74 Å². The van der Waals surface area contributed by atoms with E-state index in [-0.39, 0.29) is 30.9 Å². The molecule has 100 valence electrons. The molecule has 1 aliphatic heterocycles. The number of methoxy groups -OCH3 is 1. The zero-order valence-electron chi connectivity index (χ0n) is 10.3. The molecule has 0 aromatic carbocycles. The number of hydrogen-bond donors (Lipinski definition) is 1. The Balaban J connectivity index is 2.52. The number of likely N-dealkylation sites (tertiary alicyclic amines) is 1. The molecular formula is C10H16N3O5+. The van der Waals surface area contributed by atoms with Crippen LogP contribution in [0.3, 0.4) is 0 Å². The van der Waals surface area contributed by atoms with Crippen LogP contribution >= 0.6 is 0 Å². The van der Waals surface area contributed by atoms with Crippen molar-refractivity contribution >= 4 is 0 Å². The lowest BCUT2D eigenvalue weighted by atomic mass is 9.71. The fourth-order valence-corrected chi connectivity index (χ4v) is 3.25. The lowest BCUT2D eigenvalue weighted by Crippen LogP contribution is -3.15. The van der Waals surface area contributed by atoms with Crippen molar-refractivity contribution in [1.82, 2.24) is 0 Å². The van der Waals surface area contributed by atoms with Gasteiger partial charge in [0.1, 0.15) is 18.7 Å². The summed E-state index contributed by atoms with van der Waals surface area (Å²) in [5.41, 5.74) is -2.66. The predicted molar refractivity (Wildman–Crippen MR) is 60.4 cm³/mol. The van der Waals surface area contributed by atoms with Crippen LogP contribution in [0.25, 0.3) is 0 Å². The van der Waals surface area contributed by atoms with Gasteiger partial charge in [0.25, 0.3) is 11.1 Å². The van der Waals surface area contributed by atoms with E-state index in [1.807, 2.05) is 0 Å². The largest absolute Gasteiger partial charge is 0.501 e. The first kappa shape index (κ1) is 12.7. The molecule has 0 amide bonds. The summed E-state index contributed by atoms with van der Waals surface area (Å²) in [5, 5.41) is 22.7. The van der Waals surface area contributed by atoms with Gasteiger partial charge in [0, 0.05) is 15.9 Å². The van der Waals surface area contributed by atoms with Gasteiger partial charge < -0.3 is 9.64 Å². The zero-order valence-corrected chi connectivity index (χ0v) is 10.3. The molecule has 0 aromatic rings. The Hall–Kier alpha value is -1.70. The van der Waals surface area contributed by atoms with Gasteiger partial charge in [-0.1, -0.05) is 0 Å². The third-order valence-corrected chi connectivity index (χ3v) is 3.82. The standard InChI is InChI=1S/C10H15N3O5/c1-11-6-9(12(14)15)3-8(18-2)4-10(5-9,7-11)13(16)17/h3H,4-7H2,1-2H3/p+1/t9-,10-/m0/s1. The normalized spacial score (nSPS) is 38.8. The van der Waals surface area contributed by atoms with Crippen LogP contribution in [0.4, 0.5) is 0 Å². The number of ether oxygens (including phenoxy) is 1. The van der Waals surface area contributed by atoms with Crippen LogP contribution in [0.5, 0.6) is 0 Å². The number of quaternary nitrogens is 1. The van der Waals surface area contributed by atoms with Gasteiger partial charge in [-0.3, -0.25) is 20.2 Å². The van der Waals surface area contributed by atoms with E-state index in [0.717, 1.165) is 4.90 Å². The first-order valence-corrected chi connectivity index (χ1v) is 5.70. The second-order valence-corrected chi connectivity index (χ2v) is 5.32. The number of rotatable bonds is 3. The van der Waals surface area contributed by atoms with Crippen LogP contribution in [0.2, 0.25) is 0 Å². The smallest absolute Gasteiger partial charge is 0.298 e. The van der Waals surface area contributed by atoms with Crippen LogP contribution in [0.1, 0.15) is 12.8 Å². The van der Waals surface area contributed by atoms with Gasteiger partial charge >= 0.3 is 0 Å². The van der Waals surface area contributed by atoms with Gasteiger partial charge in [0.05, 0.1) is 20.6 Å². The van der Waals surface area contributed by atoms with Gasteiger partial charge in [0.2, 0.25) is 0 Å². The number of piperidine rings is 1. The monoisotopic (exact) mass is 258 g/mol. The molecule has 0 aromatic heterocycles. The Kier molecular flexibility index (Phi) is 2.77. The van der Waals surface area contributed by atoms with Crippen molar-refractivity contribution in [3.05, 3.63) is 32.1 Å². The number of nitro groups is 2. The van der Waals surface area contributed by atoms with E-state index in [0.29, 0.717) is 5.76 Å². The highest BCUT2D eigenvalue weighted by Crippen LogP contribution is 2.39. The van der Waals surface area contributed by atoms with E-state index >= 15 is 0 Å². The van der Waals surface area contributed by atoms with E-state index < -0.39 is 16.0 Å². The van der Waals surface area contributed by atoms with Gasteiger partial charge in [-0.25, -0.2) is 0 Å². The highest BCUT2D eigenvalue weighted by Gasteiger charge is 2.66. The molecule has 0 saturated carbocycles. The first-order valence-electron chi connectivity index (χ1n) is 5.70. The lowest BCUT2D eigenvalue weighted by molar-refractivity contribution is -0.926. The molecule has 1 fully saturated rings. The Bertz CT molecular complexity index is 437. The summed E-state index contributed by atoms with van der Waals surface area (Å²) >= 11 is 0. The summed E-state index contributed by atoms with van der Waals surface area (Å²) in [7, 11) is 3.14. The summed E-state index contributed by atoms with van der Waals surface area (Å²) < 4.78 is 5.06. The topological polar surface area (TPSA) is 100.0 Å². The third kappa shape index (κ3) is 1.72. The molecule has 1 N–H and O–H groups in total. The van der Waals surface area contributed by atoms with Crippen LogP contribution in [0.15, 0.2) is 11.8 Å². The highest BCUT2D eigenvalue weighted by atomic mass is 16.6. The number of nitrogens with one attached hydrogen (secondary N) is 1. The minimum atomic E-state index is -1.38. The highest BCUT2D eigenvalue weighted by molar-refractivity contribution is 5.18. The zero-order chi connectivity index (χ0) is 13.6. The number of likely N-dealkylation sites (N-methyl/N-ethyl adjacent to an activating group) is 1. The predicted octanol–water partition coefficient (Wildman–Crippen LogP) is -1.13. The van der Waals surface area contributed by atoms with Crippen molar-refractivity contribution in [1.29, 1.82) is 0 Å². The molecule has 0 radical (unpaired) electrons. The molecule has 2 bridgehead atoms. The average molecular weight is 258 g/mol. The second kappa shape index (κ2) is 3.91. The molecule has 2 aliphatic rings. The third-order valence-electron chi connectivity index (χ3n) is 3.82.